The fraction of sp³-hybridized carbons (Fsp3) is 0.0727. The molecule has 10 aromatic rings. The highest BCUT2D eigenvalue weighted by Crippen LogP contribution is 2.61. The van der Waals surface area contributed by atoms with E-state index in [0.717, 1.165) is 22.3 Å². The summed E-state index contributed by atoms with van der Waals surface area (Å²) in [6, 6.07) is 70.2. The summed E-state index contributed by atoms with van der Waals surface area (Å²) in [4.78, 5) is 15.2. The SMILES string of the molecule is CC1(C)c2ccccc2C2(c3ccccc3-n3c4ccccc4c4cccc2c43)c2cccc(-c3cccc(-c4nc(-c5ccccc5)nc(-c5ccccc5)n4)c3)c21. The molecule has 1 spiro atoms. The van der Waals surface area contributed by atoms with Crippen LogP contribution in [-0.2, 0) is 10.8 Å². The molecular formula is C55H38N4. The zero-order valence-electron chi connectivity index (χ0n) is 32.8. The number of aromatic nitrogens is 4. The molecule has 0 saturated carbocycles. The summed E-state index contributed by atoms with van der Waals surface area (Å²) < 4.78 is 2.51. The van der Waals surface area contributed by atoms with Crippen molar-refractivity contribution in [1.29, 1.82) is 0 Å². The van der Waals surface area contributed by atoms with Crippen molar-refractivity contribution in [3.05, 3.63) is 228 Å². The van der Waals surface area contributed by atoms with Gasteiger partial charge in [0.2, 0.25) is 0 Å². The van der Waals surface area contributed by atoms with Gasteiger partial charge in [-0.05, 0) is 62.7 Å². The Morgan fingerprint density at radius 3 is 1.64 bits per heavy atom. The molecule has 0 fully saturated rings. The number of para-hydroxylation sites is 3. The molecule has 4 heteroatoms. The molecule has 0 N–H and O–H groups in total. The lowest BCUT2D eigenvalue weighted by Crippen LogP contribution is -2.44. The molecular weight excluding hydrogens is 717 g/mol. The fourth-order valence-electron chi connectivity index (χ4n) is 10.5. The lowest BCUT2D eigenvalue weighted by atomic mass is 9.52. The average molecular weight is 755 g/mol. The van der Waals surface area contributed by atoms with E-state index in [-0.39, 0.29) is 5.41 Å². The second kappa shape index (κ2) is 12.5. The predicted molar refractivity (Wildman–Crippen MR) is 240 cm³/mol. The number of rotatable bonds is 4. The van der Waals surface area contributed by atoms with E-state index in [0.29, 0.717) is 17.5 Å². The van der Waals surface area contributed by atoms with Crippen LogP contribution in [-0.4, -0.2) is 19.5 Å². The van der Waals surface area contributed by atoms with Crippen molar-refractivity contribution in [2.24, 2.45) is 0 Å². The minimum absolute atomic E-state index is 0.328. The van der Waals surface area contributed by atoms with Gasteiger partial charge in [-0.3, -0.25) is 0 Å². The minimum atomic E-state index is -0.571. The van der Waals surface area contributed by atoms with Crippen LogP contribution in [0.5, 0.6) is 0 Å². The van der Waals surface area contributed by atoms with Gasteiger partial charge in [0.05, 0.1) is 22.1 Å². The van der Waals surface area contributed by atoms with E-state index in [4.69, 9.17) is 15.0 Å². The van der Waals surface area contributed by atoms with Crippen molar-refractivity contribution < 1.29 is 0 Å². The first kappa shape index (κ1) is 33.7. The van der Waals surface area contributed by atoms with Gasteiger partial charge in [-0.25, -0.2) is 15.0 Å². The maximum Gasteiger partial charge on any atom is 0.164 e. The standard InChI is InChI=1S/C55H38N4/c1-54(2)42-27-10-11-28-43(42)55(44-29-12-14-33-48(44)59-47-32-13-9-24-40(47)41-26-17-31-46(55)50(41)59)45-30-16-25-39(49(45)54)37-22-15-23-38(34-37)53-57-51(35-18-5-3-6-19-35)56-52(58-53)36-20-7-4-8-21-36/h3-34H,1-2H3. The molecule has 12 rings (SSSR count). The van der Waals surface area contributed by atoms with Gasteiger partial charge >= 0.3 is 0 Å². The van der Waals surface area contributed by atoms with Crippen molar-refractivity contribution >= 4 is 21.8 Å². The Morgan fingerprint density at radius 2 is 0.898 bits per heavy atom. The Balaban J connectivity index is 1.13. The van der Waals surface area contributed by atoms with Gasteiger partial charge in [-0.2, -0.15) is 0 Å². The van der Waals surface area contributed by atoms with Gasteiger partial charge in [-0.1, -0.05) is 190 Å². The maximum atomic E-state index is 5.11. The summed E-state index contributed by atoms with van der Waals surface area (Å²) in [5, 5.41) is 2.55. The number of benzene rings is 8. The highest BCUT2D eigenvalue weighted by Gasteiger charge is 2.53. The second-order valence-electron chi connectivity index (χ2n) is 16.3. The van der Waals surface area contributed by atoms with Crippen LogP contribution in [0.15, 0.2) is 194 Å². The number of fused-ring (bicyclic) bond motifs is 11. The van der Waals surface area contributed by atoms with Crippen LogP contribution in [0.2, 0.25) is 0 Å². The highest BCUT2D eigenvalue weighted by molar-refractivity contribution is 6.12. The van der Waals surface area contributed by atoms with Crippen LogP contribution < -0.4 is 0 Å². The maximum absolute atomic E-state index is 5.11. The second-order valence-corrected chi connectivity index (χ2v) is 16.3. The molecule has 4 nitrogen and oxygen atoms in total. The molecule has 1 aliphatic heterocycles. The first-order valence-corrected chi connectivity index (χ1v) is 20.4. The van der Waals surface area contributed by atoms with E-state index in [2.05, 4.69) is 176 Å². The molecule has 59 heavy (non-hydrogen) atoms. The Labute approximate surface area is 343 Å². The van der Waals surface area contributed by atoms with E-state index >= 15 is 0 Å². The number of nitrogens with zero attached hydrogens (tertiary/aromatic N) is 4. The highest BCUT2D eigenvalue weighted by atomic mass is 15.0. The molecule has 0 bridgehead atoms. The van der Waals surface area contributed by atoms with Gasteiger partial charge < -0.3 is 4.57 Å². The first-order valence-electron chi connectivity index (χ1n) is 20.4. The molecule has 0 amide bonds. The van der Waals surface area contributed by atoms with Crippen LogP contribution >= 0.6 is 0 Å². The molecule has 0 saturated heterocycles. The quantitative estimate of drug-likeness (QED) is 0.180. The van der Waals surface area contributed by atoms with E-state index < -0.39 is 5.41 Å². The molecule has 8 aromatic carbocycles. The van der Waals surface area contributed by atoms with Crippen molar-refractivity contribution in [3.8, 4) is 51.0 Å². The predicted octanol–water partition coefficient (Wildman–Crippen LogP) is 13.0. The van der Waals surface area contributed by atoms with Crippen LogP contribution in [0, 0.1) is 0 Å². The summed E-state index contributed by atoms with van der Waals surface area (Å²) in [6.07, 6.45) is 0. The molecule has 1 unspecified atom stereocenters. The third-order valence-electron chi connectivity index (χ3n) is 12.9. The molecule has 2 aromatic heterocycles. The average Bonchev–Trinajstić information content (AvgIpc) is 3.65. The van der Waals surface area contributed by atoms with Crippen LogP contribution in [0.4, 0.5) is 0 Å². The van der Waals surface area contributed by atoms with E-state index in [1.54, 1.807) is 0 Å². The normalized spacial score (nSPS) is 15.8. The largest absolute Gasteiger partial charge is 0.309 e. The lowest BCUT2D eigenvalue weighted by Gasteiger charge is -2.50. The number of hydrogen-bond donors (Lipinski definition) is 0. The Kier molecular flexibility index (Phi) is 7.16. The van der Waals surface area contributed by atoms with Gasteiger partial charge in [0.25, 0.3) is 0 Å². The molecule has 2 aliphatic rings. The van der Waals surface area contributed by atoms with E-state index in [1.807, 2.05) is 36.4 Å². The van der Waals surface area contributed by atoms with E-state index in [1.165, 1.54) is 66.4 Å². The smallest absolute Gasteiger partial charge is 0.164 e. The topological polar surface area (TPSA) is 43.6 Å². The van der Waals surface area contributed by atoms with Crippen LogP contribution in [0.25, 0.3) is 72.8 Å². The van der Waals surface area contributed by atoms with E-state index in [9.17, 15) is 0 Å². The van der Waals surface area contributed by atoms with Gasteiger partial charge in [0.1, 0.15) is 0 Å². The third-order valence-corrected chi connectivity index (χ3v) is 12.9. The molecule has 1 aliphatic carbocycles. The third kappa shape index (κ3) is 4.69. The Morgan fingerprint density at radius 1 is 0.390 bits per heavy atom. The first-order chi connectivity index (χ1) is 29.0. The summed E-state index contributed by atoms with van der Waals surface area (Å²) in [6.45, 7) is 4.81. The molecule has 0 radical (unpaired) electrons. The summed E-state index contributed by atoms with van der Waals surface area (Å²) in [7, 11) is 0. The summed E-state index contributed by atoms with van der Waals surface area (Å²) in [5.41, 5.74) is 16.0. The zero-order valence-corrected chi connectivity index (χ0v) is 32.8. The summed E-state index contributed by atoms with van der Waals surface area (Å²) >= 11 is 0. The van der Waals surface area contributed by atoms with Gasteiger partial charge in [0, 0.05) is 32.9 Å². The molecule has 3 heterocycles. The van der Waals surface area contributed by atoms with Gasteiger partial charge in [-0.15, -0.1) is 0 Å². The van der Waals surface area contributed by atoms with Crippen molar-refractivity contribution in [1.82, 2.24) is 19.5 Å². The molecule has 278 valence electrons. The van der Waals surface area contributed by atoms with Crippen molar-refractivity contribution in [2.75, 3.05) is 0 Å². The van der Waals surface area contributed by atoms with Crippen LogP contribution in [0.1, 0.15) is 47.2 Å². The lowest BCUT2D eigenvalue weighted by molar-refractivity contribution is 0.558. The fourth-order valence-corrected chi connectivity index (χ4v) is 10.5. The Hall–Kier alpha value is -7.43. The minimum Gasteiger partial charge on any atom is -0.309 e. The van der Waals surface area contributed by atoms with Gasteiger partial charge in [0.15, 0.2) is 17.5 Å². The zero-order chi connectivity index (χ0) is 39.3. The van der Waals surface area contributed by atoms with Crippen LogP contribution in [0.3, 0.4) is 0 Å². The number of hydrogen-bond acceptors (Lipinski definition) is 3. The summed E-state index contributed by atoms with van der Waals surface area (Å²) in [5.74, 6) is 1.95. The Bertz CT molecular complexity index is 3250. The van der Waals surface area contributed by atoms with Crippen molar-refractivity contribution in [3.63, 3.8) is 0 Å². The van der Waals surface area contributed by atoms with Crippen molar-refractivity contribution in [2.45, 2.75) is 24.7 Å². The molecule has 1 atom stereocenters. The monoisotopic (exact) mass is 754 g/mol.